The molecule has 0 aliphatic rings. The first-order valence-electron chi connectivity index (χ1n) is 6.44. The quantitative estimate of drug-likeness (QED) is 0.814. The Bertz CT molecular complexity index is 420. The Kier molecular flexibility index (Phi) is 5.99. The summed E-state index contributed by atoms with van der Waals surface area (Å²) in [5.74, 6) is -1.09. The molecule has 0 aliphatic heterocycles. The Labute approximate surface area is 113 Å². The highest BCUT2D eigenvalue weighted by molar-refractivity contribution is 5.81. The van der Waals surface area contributed by atoms with Crippen LogP contribution in [0.5, 0.6) is 0 Å². The smallest absolute Gasteiger partial charge is 0.323 e. The third-order valence-corrected chi connectivity index (χ3v) is 3.13. The van der Waals surface area contributed by atoms with Gasteiger partial charge in [0.05, 0.1) is 0 Å². The second kappa shape index (κ2) is 7.51. The summed E-state index contributed by atoms with van der Waals surface area (Å²) >= 11 is 0. The van der Waals surface area contributed by atoms with Crippen molar-refractivity contribution in [3.05, 3.63) is 30.1 Å². The highest BCUT2D eigenvalue weighted by atomic mass is 16.4. The van der Waals surface area contributed by atoms with E-state index in [1.165, 1.54) is 4.90 Å². The first kappa shape index (κ1) is 15.1. The molecule has 1 aromatic heterocycles. The predicted octanol–water partition coefficient (Wildman–Crippen LogP) is 1.73. The van der Waals surface area contributed by atoms with E-state index in [0.717, 1.165) is 12.0 Å². The standard InChI is InChI=1S/C14H20N2O3/c1-3-11(2)16(10-14(18)19)13(17)5-4-12-6-8-15-9-7-12/h6-9,11H,3-5,10H2,1-2H3,(H,18,19). The summed E-state index contributed by atoms with van der Waals surface area (Å²) in [7, 11) is 0. The lowest BCUT2D eigenvalue weighted by molar-refractivity contribution is -0.146. The molecule has 1 atom stereocenters. The largest absolute Gasteiger partial charge is 0.480 e. The third kappa shape index (κ3) is 5.07. The van der Waals surface area contributed by atoms with Gasteiger partial charge >= 0.3 is 5.97 Å². The minimum absolute atomic E-state index is 0.0546. The Morgan fingerprint density at radius 2 is 2.00 bits per heavy atom. The maximum atomic E-state index is 12.1. The first-order valence-corrected chi connectivity index (χ1v) is 6.44. The van der Waals surface area contributed by atoms with Gasteiger partial charge in [-0.2, -0.15) is 0 Å². The van der Waals surface area contributed by atoms with Crippen molar-refractivity contribution in [1.82, 2.24) is 9.88 Å². The molecule has 1 unspecified atom stereocenters. The number of rotatable bonds is 7. The van der Waals surface area contributed by atoms with Gasteiger partial charge in [0, 0.05) is 24.9 Å². The van der Waals surface area contributed by atoms with E-state index in [-0.39, 0.29) is 18.5 Å². The fraction of sp³-hybridized carbons (Fsp3) is 0.500. The van der Waals surface area contributed by atoms with E-state index >= 15 is 0 Å². The SMILES string of the molecule is CCC(C)N(CC(=O)O)C(=O)CCc1ccncc1. The summed E-state index contributed by atoms with van der Waals surface area (Å²) in [4.78, 5) is 28.3. The maximum Gasteiger partial charge on any atom is 0.323 e. The molecule has 0 saturated heterocycles. The fourth-order valence-electron chi connectivity index (χ4n) is 1.80. The number of carbonyl (C=O) groups excluding carboxylic acids is 1. The lowest BCUT2D eigenvalue weighted by atomic mass is 10.1. The van der Waals surface area contributed by atoms with Gasteiger partial charge in [0.1, 0.15) is 6.54 Å². The summed E-state index contributed by atoms with van der Waals surface area (Å²) in [6.45, 7) is 3.58. The number of carboxylic acids is 1. The molecule has 1 aromatic rings. The van der Waals surface area contributed by atoms with Gasteiger partial charge in [-0.3, -0.25) is 14.6 Å². The van der Waals surface area contributed by atoms with Gasteiger partial charge in [-0.25, -0.2) is 0 Å². The average molecular weight is 264 g/mol. The second-order valence-corrected chi connectivity index (χ2v) is 4.53. The molecule has 0 bridgehead atoms. The molecular weight excluding hydrogens is 244 g/mol. The molecule has 0 radical (unpaired) electrons. The number of aliphatic carboxylic acids is 1. The van der Waals surface area contributed by atoms with E-state index in [9.17, 15) is 9.59 Å². The summed E-state index contributed by atoms with van der Waals surface area (Å²) in [6, 6.07) is 3.66. The van der Waals surface area contributed by atoms with Crippen molar-refractivity contribution in [3.63, 3.8) is 0 Å². The number of pyridine rings is 1. The van der Waals surface area contributed by atoms with Gasteiger partial charge in [0.25, 0.3) is 0 Å². The second-order valence-electron chi connectivity index (χ2n) is 4.53. The molecule has 1 N–H and O–H groups in total. The highest BCUT2D eigenvalue weighted by Crippen LogP contribution is 2.09. The van der Waals surface area contributed by atoms with Gasteiger partial charge in [-0.05, 0) is 37.5 Å². The van der Waals surface area contributed by atoms with Crippen molar-refractivity contribution in [2.24, 2.45) is 0 Å². The van der Waals surface area contributed by atoms with E-state index in [4.69, 9.17) is 5.11 Å². The number of hydrogen-bond donors (Lipinski definition) is 1. The normalized spacial score (nSPS) is 11.9. The van der Waals surface area contributed by atoms with Gasteiger partial charge < -0.3 is 10.0 Å². The van der Waals surface area contributed by atoms with Crippen LogP contribution in [0.4, 0.5) is 0 Å². The van der Waals surface area contributed by atoms with Crippen LogP contribution in [0, 0.1) is 0 Å². The van der Waals surface area contributed by atoms with E-state index in [1.54, 1.807) is 12.4 Å². The molecule has 5 heteroatoms. The van der Waals surface area contributed by atoms with Crippen molar-refractivity contribution >= 4 is 11.9 Å². The Hall–Kier alpha value is -1.91. The molecule has 1 amide bonds. The molecule has 0 aliphatic carbocycles. The average Bonchev–Trinajstić information content (AvgIpc) is 2.42. The Morgan fingerprint density at radius 3 is 2.53 bits per heavy atom. The van der Waals surface area contributed by atoms with Crippen LogP contribution in [-0.2, 0) is 16.0 Å². The van der Waals surface area contributed by atoms with Crippen molar-refractivity contribution < 1.29 is 14.7 Å². The third-order valence-electron chi connectivity index (χ3n) is 3.13. The minimum atomic E-state index is -0.974. The van der Waals surface area contributed by atoms with Crippen LogP contribution < -0.4 is 0 Å². The fourth-order valence-corrected chi connectivity index (χ4v) is 1.80. The zero-order chi connectivity index (χ0) is 14.3. The molecule has 0 spiro atoms. The summed E-state index contributed by atoms with van der Waals surface area (Å²) in [6.07, 6.45) is 5.04. The molecule has 19 heavy (non-hydrogen) atoms. The Morgan fingerprint density at radius 1 is 1.37 bits per heavy atom. The molecule has 5 nitrogen and oxygen atoms in total. The number of carboxylic acid groups (broad SMARTS) is 1. The van der Waals surface area contributed by atoms with Gasteiger partial charge in [0.2, 0.25) is 5.91 Å². The maximum absolute atomic E-state index is 12.1. The van der Waals surface area contributed by atoms with Gasteiger partial charge in [-0.1, -0.05) is 6.92 Å². The van der Waals surface area contributed by atoms with Crippen LogP contribution in [0.3, 0.4) is 0 Å². The van der Waals surface area contributed by atoms with Crippen LogP contribution >= 0.6 is 0 Å². The zero-order valence-corrected chi connectivity index (χ0v) is 11.4. The number of nitrogens with zero attached hydrogens (tertiary/aromatic N) is 2. The Balaban J connectivity index is 2.59. The van der Waals surface area contributed by atoms with E-state index in [2.05, 4.69) is 4.98 Å². The molecular formula is C14H20N2O3. The summed E-state index contributed by atoms with van der Waals surface area (Å²) < 4.78 is 0. The predicted molar refractivity (Wildman–Crippen MR) is 71.7 cm³/mol. The number of amides is 1. The topological polar surface area (TPSA) is 70.5 Å². The number of aromatic nitrogens is 1. The van der Waals surface area contributed by atoms with Crippen molar-refractivity contribution in [2.75, 3.05) is 6.54 Å². The highest BCUT2D eigenvalue weighted by Gasteiger charge is 2.20. The monoisotopic (exact) mass is 264 g/mol. The van der Waals surface area contributed by atoms with E-state index < -0.39 is 5.97 Å². The van der Waals surface area contributed by atoms with Crippen LogP contribution in [0.2, 0.25) is 0 Å². The van der Waals surface area contributed by atoms with Crippen LogP contribution in [0.15, 0.2) is 24.5 Å². The minimum Gasteiger partial charge on any atom is -0.480 e. The zero-order valence-electron chi connectivity index (χ0n) is 11.4. The molecule has 0 saturated carbocycles. The summed E-state index contributed by atoms with van der Waals surface area (Å²) in [5, 5.41) is 8.86. The van der Waals surface area contributed by atoms with Gasteiger partial charge in [0.15, 0.2) is 0 Å². The van der Waals surface area contributed by atoms with Gasteiger partial charge in [-0.15, -0.1) is 0 Å². The molecule has 1 rings (SSSR count). The summed E-state index contributed by atoms with van der Waals surface area (Å²) in [5.41, 5.74) is 1.03. The molecule has 104 valence electrons. The lowest BCUT2D eigenvalue weighted by Gasteiger charge is -2.27. The van der Waals surface area contributed by atoms with Crippen LogP contribution in [-0.4, -0.2) is 39.5 Å². The van der Waals surface area contributed by atoms with E-state index in [1.807, 2.05) is 26.0 Å². The number of hydrogen-bond acceptors (Lipinski definition) is 3. The van der Waals surface area contributed by atoms with Crippen LogP contribution in [0.25, 0.3) is 0 Å². The number of aryl methyl sites for hydroxylation is 1. The van der Waals surface area contributed by atoms with Crippen LogP contribution in [0.1, 0.15) is 32.3 Å². The molecule has 0 aromatic carbocycles. The van der Waals surface area contributed by atoms with E-state index in [0.29, 0.717) is 12.8 Å². The molecule has 0 fully saturated rings. The van der Waals surface area contributed by atoms with Crippen molar-refractivity contribution in [1.29, 1.82) is 0 Å². The number of carbonyl (C=O) groups is 2. The van der Waals surface area contributed by atoms with Crippen molar-refractivity contribution in [3.8, 4) is 0 Å². The molecule has 1 heterocycles. The lowest BCUT2D eigenvalue weighted by Crippen LogP contribution is -2.41. The van der Waals surface area contributed by atoms with Crippen molar-refractivity contribution in [2.45, 2.75) is 39.2 Å². The first-order chi connectivity index (χ1) is 9.04.